The number of aliphatic hydroxyl groups excluding tert-OH is 1. The van der Waals surface area contributed by atoms with E-state index < -0.39 is 0 Å². The van der Waals surface area contributed by atoms with Gasteiger partial charge in [0, 0.05) is 13.5 Å². The van der Waals surface area contributed by atoms with Crippen molar-refractivity contribution in [2.24, 2.45) is 18.9 Å². The van der Waals surface area contributed by atoms with E-state index in [0.29, 0.717) is 18.3 Å². The van der Waals surface area contributed by atoms with Crippen molar-refractivity contribution in [2.45, 2.75) is 38.7 Å². The number of hydrogen-bond donors (Lipinski definition) is 1. The molecule has 4 heteroatoms. The standard InChI is InChI=1S/C11H19N3O/c1-8-4-3-5-9(8)10(15)6-11-12-7-13-14(11)2/h7-10,15H,3-6H2,1-2H3. The molecule has 2 rings (SSSR count). The van der Waals surface area contributed by atoms with Crippen LogP contribution in [-0.4, -0.2) is 26.0 Å². The lowest BCUT2D eigenvalue weighted by Crippen LogP contribution is -2.26. The third-order valence-electron chi connectivity index (χ3n) is 3.62. The quantitative estimate of drug-likeness (QED) is 0.812. The number of hydrogen-bond acceptors (Lipinski definition) is 3. The number of aromatic nitrogens is 3. The highest BCUT2D eigenvalue weighted by molar-refractivity contribution is 4.91. The van der Waals surface area contributed by atoms with Gasteiger partial charge in [0.2, 0.25) is 0 Å². The van der Waals surface area contributed by atoms with Crippen LogP contribution in [0.2, 0.25) is 0 Å². The van der Waals surface area contributed by atoms with Crippen molar-refractivity contribution in [3.8, 4) is 0 Å². The minimum absolute atomic E-state index is 0.259. The van der Waals surface area contributed by atoms with Gasteiger partial charge in [0.25, 0.3) is 0 Å². The van der Waals surface area contributed by atoms with Crippen LogP contribution >= 0.6 is 0 Å². The summed E-state index contributed by atoms with van der Waals surface area (Å²) in [5.74, 6) is 1.97. The summed E-state index contributed by atoms with van der Waals surface area (Å²) in [6, 6.07) is 0. The molecule has 0 bridgehead atoms. The van der Waals surface area contributed by atoms with E-state index in [1.54, 1.807) is 11.0 Å². The van der Waals surface area contributed by atoms with E-state index in [9.17, 15) is 5.11 Å². The molecule has 4 nitrogen and oxygen atoms in total. The molecule has 0 aromatic carbocycles. The first-order valence-corrected chi connectivity index (χ1v) is 5.69. The third kappa shape index (κ3) is 2.20. The Balaban J connectivity index is 1.97. The summed E-state index contributed by atoms with van der Waals surface area (Å²) >= 11 is 0. The van der Waals surface area contributed by atoms with E-state index in [0.717, 1.165) is 12.2 Å². The van der Waals surface area contributed by atoms with Crippen molar-refractivity contribution in [1.82, 2.24) is 14.8 Å². The molecule has 1 aliphatic rings. The van der Waals surface area contributed by atoms with Crippen LogP contribution in [0.5, 0.6) is 0 Å². The fourth-order valence-corrected chi connectivity index (χ4v) is 2.59. The Labute approximate surface area is 90.3 Å². The van der Waals surface area contributed by atoms with Crippen molar-refractivity contribution < 1.29 is 5.11 Å². The van der Waals surface area contributed by atoms with Gasteiger partial charge in [0.1, 0.15) is 12.2 Å². The molecule has 0 radical (unpaired) electrons. The monoisotopic (exact) mass is 209 g/mol. The van der Waals surface area contributed by atoms with Gasteiger partial charge in [-0.25, -0.2) is 4.98 Å². The van der Waals surface area contributed by atoms with Crippen LogP contribution < -0.4 is 0 Å². The SMILES string of the molecule is CC1CCCC1C(O)Cc1ncnn1C. The first-order chi connectivity index (χ1) is 7.18. The van der Waals surface area contributed by atoms with Crippen molar-refractivity contribution in [3.05, 3.63) is 12.2 Å². The smallest absolute Gasteiger partial charge is 0.138 e. The molecule has 0 amide bonds. The number of rotatable bonds is 3. The van der Waals surface area contributed by atoms with Crippen molar-refractivity contribution in [2.75, 3.05) is 0 Å². The van der Waals surface area contributed by atoms with Crippen molar-refractivity contribution in [1.29, 1.82) is 0 Å². The van der Waals surface area contributed by atoms with Crippen molar-refractivity contribution in [3.63, 3.8) is 0 Å². The van der Waals surface area contributed by atoms with E-state index in [2.05, 4.69) is 17.0 Å². The highest BCUT2D eigenvalue weighted by atomic mass is 16.3. The van der Waals surface area contributed by atoms with Gasteiger partial charge in [-0.3, -0.25) is 4.68 Å². The topological polar surface area (TPSA) is 50.9 Å². The Hall–Kier alpha value is -0.900. The Morgan fingerprint density at radius 3 is 2.93 bits per heavy atom. The van der Waals surface area contributed by atoms with Gasteiger partial charge in [-0.1, -0.05) is 19.8 Å². The minimum atomic E-state index is -0.259. The summed E-state index contributed by atoms with van der Waals surface area (Å²) in [5.41, 5.74) is 0. The zero-order valence-corrected chi connectivity index (χ0v) is 9.43. The first kappa shape index (κ1) is 10.6. The molecule has 0 spiro atoms. The minimum Gasteiger partial charge on any atom is -0.392 e. The van der Waals surface area contributed by atoms with Crippen LogP contribution in [0.15, 0.2) is 6.33 Å². The maximum atomic E-state index is 10.1. The fraction of sp³-hybridized carbons (Fsp3) is 0.818. The zero-order chi connectivity index (χ0) is 10.8. The predicted molar refractivity (Wildman–Crippen MR) is 57.2 cm³/mol. The summed E-state index contributed by atoms with van der Waals surface area (Å²) in [6.07, 6.45) is 5.57. The molecule has 84 valence electrons. The van der Waals surface area contributed by atoms with Gasteiger partial charge in [-0.05, 0) is 18.3 Å². The molecule has 3 atom stereocenters. The van der Waals surface area contributed by atoms with Gasteiger partial charge in [0.15, 0.2) is 0 Å². The summed E-state index contributed by atoms with van der Waals surface area (Å²) in [5, 5.41) is 14.1. The Kier molecular flexibility index (Phi) is 3.05. The lowest BCUT2D eigenvalue weighted by molar-refractivity contribution is 0.0875. The average Bonchev–Trinajstić information content (AvgIpc) is 2.76. The average molecular weight is 209 g/mol. The molecule has 1 aromatic rings. The summed E-state index contributed by atoms with van der Waals surface area (Å²) in [4.78, 5) is 4.14. The summed E-state index contributed by atoms with van der Waals surface area (Å²) < 4.78 is 1.74. The summed E-state index contributed by atoms with van der Waals surface area (Å²) in [7, 11) is 1.87. The molecular weight excluding hydrogens is 190 g/mol. The number of nitrogens with zero attached hydrogens (tertiary/aromatic N) is 3. The predicted octanol–water partition coefficient (Wildman–Crippen LogP) is 1.15. The molecule has 15 heavy (non-hydrogen) atoms. The Morgan fingerprint density at radius 2 is 2.40 bits per heavy atom. The van der Waals surface area contributed by atoms with Gasteiger partial charge in [-0.15, -0.1) is 0 Å². The molecule has 1 fully saturated rings. The fourth-order valence-electron chi connectivity index (χ4n) is 2.59. The lowest BCUT2D eigenvalue weighted by atomic mass is 9.90. The van der Waals surface area contributed by atoms with Gasteiger partial charge < -0.3 is 5.11 Å². The van der Waals surface area contributed by atoms with Crippen LogP contribution in [0.1, 0.15) is 32.0 Å². The summed E-state index contributed by atoms with van der Waals surface area (Å²) in [6.45, 7) is 2.23. The lowest BCUT2D eigenvalue weighted by Gasteiger charge is -2.21. The van der Waals surface area contributed by atoms with Crippen LogP contribution in [0, 0.1) is 11.8 Å². The number of aryl methyl sites for hydroxylation is 1. The van der Waals surface area contributed by atoms with Crippen LogP contribution in [0.3, 0.4) is 0 Å². The van der Waals surface area contributed by atoms with E-state index in [-0.39, 0.29) is 6.10 Å². The molecule has 1 aliphatic carbocycles. The molecule has 1 heterocycles. The maximum absolute atomic E-state index is 10.1. The molecule has 1 saturated carbocycles. The normalized spacial score (nSPS) is 28.2. The van der Waals surface area contributed by atoms with E-state index in [1.807, 2.05) is 7.05 Å². The number of aliphatic hydroxyl groups is 1. The molecule has 1 N–H and O–H groups in total. The molecule has 0 saturated heterocycles. The molecule has 0 aliphatic heterocycles. The second-order valence-corrected chi connectivity index (χ2v) is 4.64. The Bertz CT molecular complexity index is 323. The van der Waals surface area contributed by atoms with E-state index in [4.69, 9.17) is 0 Å². The van der Waals surface area contributed by atoms with Gasteiger partial charge >= 0.3 is 0 Å². The van der Waals surface area contributed by atoms with Crippen molar-refractivity contribution >= 4 is 0 Å². The van der Waals surface area contributed by atoms with Crippen LogP contribution in [0.25, 0.3) is 0 Å². The third-order valence-corrected chi connectivity index (χ3v) is 3.62. The Morgan fingerprint density at radius 1 is 1.60 bits per heavy atom. The second-order valence-electron chi connectivity index (χ2n) is 4.64. The highest BCUT2D eigenvalue weighted by Crippen LogP contribution is 2.34. The molecule has 3 unspecified atom stereocenters. The van der Waals surface area contributed by atoms with Gasteiger partial charge in [-0.2, -0.15) is 5.10 Å². The highest BCUT2D eigenvalue weighted by Gasteiger charge is 2.30. The zero-order valence-electron chi connectivity index (χ0n) is 9.43. The second kappa shape index (κ2) is 4.31. The van der Waals surface area contributed by atoms with E-state index >= 15 is 0 Å². The van der Waals surface area contributed by atoms with Crippen LogP contribution in [0.4, 0.5) is 0 Å². The molecule has 1 aromatic heterocycles. The molecular formula is C11H19N3O. The largest absolute Gasteiger partial charge is 0.392 e. The van der Waals surface area contributed by atoms with E-state index in [1.165, 1.54) is 12.8 Å². The maximum Gasteiger partial charge on any atom is 0.138 e. The first-order valence-electron chi connectivity index (χ1n) is 5.69. The van der Waals surface area contributed by atoms with Gasteiger partial charge in [0.05, 0.1) is 6.10 Å². The van der Waals surface area contributed by atoms with Crippen LogP contribution in [-0.2, 0) is 13.5 Å².